The molecular formula is C24H25N3O2. The molecule has 0 saturated heterocycles. The summed E-state index contributed by atoms with van der Waals surface area (Å²) in [5, 5.41) is 7.92. The Balaban J connectivity index is 1.27. The minimum absolute atomic E-state index is 0.100. The van der Waals surface area contributed by atoms with Crippen LogP contribution in [0.5, 0.6) is 0 Å². The zero-order valence-electron chi connectivity index (χ0n) is 16.4. The molecule has 2 aliphatic rings. The van der Waals surface area contributed by atoms with Gasteiger partial charge >= 0.3 is 0 Å². The number of nitrogens with one attached hydrogen (secondary N) is 1. The number of ether oxygens (including phenoxy) is 1. The number of hydrogen-bond acceptors (Lipinski definition) is 3. The van der Waals surface area contributed by atoms with Crippen LogP contribution in [0.3, 0.4) is 0 Å². The first-order valence-electron chi connectivity index (χ1n) is 10.3. The molecule has 0 spiro atoms. The predicted octanol–water partition coefficient (Wildman–Crippen LogP) is 3.39. The third kappa shape index (κ3) is 3.58. The van der Waals surface area contributed by atoms with Gasteiger partial charge in [0.05, 0.1) is 24.3 Å². The molecular weight excluding hydrogens is 362 g/mol. The van der Waals surface area contributed by atoms with Crippen molar-refractivity contribution in [1.82, 2.24) is 15.1 Å². The third-order valence-electron chi connectivity index (χ3n) is 6.01. The molecule has 5 rings (SSSR count). The number of rotatable bonds is 6. The molecule has 29 heavy (non-hydrogen) atoms. The standard InChI is InChI=1S/C24H25N3O2/c28-23(24(12-13-24)20-9-5-2-6-10-20)25-15-21-22-19(11-14-29-21)17-27(26-22)16-18-7-3-1-4-8-18/h1-10,17,21H,11-16H2,(H,25,28). The van der Waals surface area contributed by atoms with E-state index in [0.717, 1.165) is 37.1 Å². The Hall–Kier alpha value is -2.92. The maximum Gasteiger partial charge on any atom is 0.230 e. The highest BCUT2D eigenvalue weighted by Gasteiger charge is 2.51. The van der Waals surface area contributed by atoms with Crippen LogP contribution in [-0.4, -0.2) is 28.8 Å². The number of hydrogen-bond donors (Lipinski definition) is 1. The molecule has 1 fully saturated rings. The molecule has 1 aromatic heterocycles. The Morgan fingerprint density at radius 3 is 2.55 bits per heavy atom. The smallest absolute Gasteiger partial charge is 0.230 e. The number of benzene rings is 2. The molecule has 1 amide bonds. The molecule has 2 aromatic carbocycles. The molecule has 1 aliphatic carbocycles. The zero-order chi connectivity index (χ0) is 19.7. The average molecular weight is 387 g/mol. The van der Waals surface area contributed by atoms with Crippen LogP contribution in [0, 0.1) is 0 Å². The van der Waals surface area contributed by atoms with E-state index in [1.807, 2.05) is 53.2 Å². The van der Waals surface area contributed by atoms with Crippen LogP contribution in [0.1, 0.15) is 41.3 Å². The third-order valence-corrected chi connectivity index (χ3v) is 6.01. The van der Waals surface area contributed by atoms with Crippen molar-refractivity contribution < 1.29 is 9.53 Å². The molecule has 5 nitrogen and oxygen atoms in total. The van der Waals surface area contributed by atoms with E-state index in [9.17, 15) is 4.79 Å². The zero-order valence-corrected chi connectivity index (χ0v) is 16.4. The van der Waals surface area contributed by atoms with Gasteiger partial charge in [-0.3, -0.25) is 9.48 Å². The van der Waals surface area contributed by atoms with Gasteiger partial charge in [-0.25, -0.2) is 0 Å². The fourth-order valence-electron chi connectivity index (χ4n) is 4.22. The Morgan fingerprint density at radius 1 is 1.10 bits per heavy atom. The van der Waals surface area contributed by atoms with E-state index in [1.54, 1.807) is 0 Å². The van der Waals surface area contributed by atoms with Gasteiger partial charge in [0.2, 0.25) is 5.91 Å². The molecule has 1 saturated carbocycles. The van der Waals surface area contributed by atoms with Crippen molar-refractivity contribution in [1.29, 1.82) is 0 Å². The van der Waals surface area contributed by atoms with Gasteiger partial charge in [-0.05, 0) is 36.0 Å². The second-order valence-corrected chi connectivity index (χ2v) is 7.99. The maximum absolute atomic E-state index is 12.9. The molecule has 1 N–H and O–H groups in total. The van der Waals surface area contributed by atoms with Gasteiger partial charge in [-0.2, -0.15) is 5.10 Å². The summed E-state index contributed by atoms with van der Waals surface area (Å²) < 4.78 is 7.95. The average Bonchev–Trinajstić information content (AvgIpc) is 3.48. The molecule has 1 aliphatic heterocycles. The number of amides is 1. The largest absolute Gasteiger partial charge is 0.370 e. The van der Waals surface area contributed by atoms with Crippen molar-refractivity contribution in [3.8, 4) is 0 Å². The summed E-state index contributed by atoms with van der Waals surface area (Å²) in [6, 6.07) is 20.4. The Labute approximate surface area is 170 Å². The van der Waals surface area contributed by atoms with Gasteiger partial charge in [-0.1, -0.05) is 60.7 Å². The minimum Gasteiger partial charge on any atom is -0.370 e. The quantitative estimate of drug-likeness (QED) is 0.705. The van der Waals surface area contributed by atoms with Crippen LogP contribution < -0.4 is 5.32 Å². The highest BCUT2D eigenvalue weighted by molar-refractivity contribution is 5.91. The molecule has 0 bridgehead atoms. The topological polar surface area (TPSA) is 56.1 Å². The van der Waals surface area contributed by atoms with E-state index >= 15 is 0 Å². The van der Waals surface area contributed by atoms with Crippen molar-refractivity contribution in [2.75, 3.05) is 13.2 Å². The van der Waals surface area contributed by atoms with Crippen molar-refractivity contribution >= 4 is 5.91 Å². The fourth-order valence-corrected chi connectivity index (χ4v) is 4.22. The highest BCUT2D eigenvalue weighted by Crippen LogP contribution is 2.48. The lowest BCUT2D eigenvalue weighted by Gasteiger charge is -2.23. The van der Waals surface area contributed by atoms with Crippen molar-refractivity contribution in [3.05, 3.63) is 89.2 Å². The molecule has 1 unspecified atom stereocenters. The second-order valence-electron chi connectivity index (χ2n) is 7.99. The van der Waals surface area contributed by atoms with Gasteiger partial charge in [0, 0.05) is 12.7 Å². The van der Waals surface area contributed by atoms with Gasteiger partial charge in [0.15, 0.2) is 0 Å². The van der Waals surface area contributed by atoms with Gasteiger partial charge in [-0.15, -0.1) is 0 Å². The van der Waals surface area contributed by atoms with Gasteiger partial charge < -0.3 is 10.1 Å². The Kier molecular flexibility index (Phi) is 4.68. The van der Waals surface area contributed by atoms with Crippen LogP contribution in [0.4, 0.5) is 0 Å². The van der Waals surface area contributed by atoms with E-state index in [2.05, 4.69) is 23.6 Å². The summed E-state index contributed by atoms with van der Waals surface area (Å²) in [6.45, 7) is 1.86. The first kappa shape index (κ1) is 18.1. The molecule has 3 aromatic rings. The summed E-state index contributed by atoms with van der Waals surface area (Å²) in [5.74, 6) is 0.100. The van der Waals surface area contributed by atoms with E-state index in [-0.39, 0.29) is 17.4 Å². The first-order valence-corrected chi connectivity index (χ1v) is 10.3. The van der Waals surface area contributed by atoms with Crippen LogP contribution in [0.15, 0.2) is 66.9 Å². The fraction of sp³-hybridized carbons (Fsp3) is 0.333. The second kappa shape index (κ2) is 7.48. The lowest BCUT2D eigenvalue weighted by molar-refractivity contribution is -0.124. The summed E-state index contributed by atoms with van der Waals surface area (Å²) in [7, 11) is 0. The van der Waals surface area contributed by atoms with Crippen molar-refractivity contribution in [2.45, 2.75) is 37.3 Å². The predicted molar refractivity (Wildman–Crippen MR) is 111 cm³/mol. The van der Waals surface area contributed by atoms with Crippen LogP contribution in [0.2, 0.25) is 0 Å². The summed E-state index contributed by atoms with van der Waals surface area (Å²) in [6.07, 6.45) is 4.61. The van der Waals surface area contributed by atoms with E-state index in [0.29, 0.717) is 13.2 Å². The van der Waals surface area contributed by atoms with Crippen LogP contribution >= 0.6 is 0 Å². The van der Waals surface area contributed by atoms with E-state index in [4.69, 9.17) is 9.84 Å². The lowest BCUT2D eigenvalue weighted by Crippen LogP contribution is -2.38. The molecule has 2 heterocycles. The summed E-state index contributed by atoms with van der Waals surface area (Å²) >= 11 is 0. The summed E-state index contributed by atoms with van der Waals surface area (Å²) in [5.41, 5.74) is 4.14. The lowest BCUT2D eigenvalue weighted by atomic mass is 9.95. The first-order chi connectivity index (χ1) is 14.2. The SMILES string of the molecule is O=C(NCC1OCCc2cn(Cc3ccccc3)nc21)C1(c2ccccc2)CC1. The number of nitrogens with zero attached hydrogens (tertiary/aromatic N) is 2. The van der Waals surface area contributed by atoms with Crippen molar-refractivity contribution in [3.63, 3.8) is 0 Å². The van der Waals surface area contributed by atoms with Gasteiger partial charge in [0.25, 0.3) is 0 Å². The molecule has 1 atom stereocenters. The molecule has 0 radical (unpaired) electrons. The van der Waals surface area contributed by atoms with Crippen molar-refractivity contribution in [2.24, 2.45) is 0 Å². The highest BCUT2D eigenvalue weighted by atomic mass is 16.5. The van der Waals surface area contributed by atoms with Gasteiger partial charge in [0.1, 0.15) is 6.10 Å². The Bertz CT molecular complexity index is 993. The number of fused-ring (bicyclic) bond motifs is 1. The minimum atomic E-state index is -0.356. The van der Waals surface area contributed by atoms with Crippen LogP contribution in [-0.2, 0) is 27.9 Å². The monoisotopic (exact) mass is 387 g/mol. The number of aromatic nitrogens is 2. The normalized spacial score (nSPS) is 19.4. The summed E-state index contributed by atoms with van der Waals surface area (Å²) in [4.78, 5) is 12.9. The Morgan fingerprint density at radius 2 is 1.83 bits per heavy atom. The van der Waals surface area contributed by atoms with E-state index in [1.165, 1.54) is 11.1 Å². The number of carbonyl (C=O) groups is 1. The van der Waals surface area contributed by atoms with E-state index < -0.39 is 0 Å². The molecule has 5 heteroatoms. The number of carbonyl (C=O) groups excluding carboxylic acids is 1. The van der Waals surface area contributed by atoms with Crippen LogP contribution in [0.25, 0.3) is 0 Å². The molecule has 148 valence electrons. The maximum atomic E-state index is 12.9.